The summed E-state index contributed by atoms with van der Waals surface area (Å²) in [6.07, 6.45) is -0.0722. The number of nitrogens with zero attached hydrogens (tertiary/aromatic N) is 4. The van der Waals surface area contributed by atoms with Gasteiger partial charge in [-0.05, 0) is 63.1 Å². The summed E-state index contributed by atoms with van der Waals surface area (Å²) in [6.45, 7) is 4.90. The monoisotopic (exact) mass is 797 g/mol. The van der Waals surface area contributed by atoms with E-state index < -0.39 is 17.8 Å². The number of carbonyl (C=O) groups is 2. The largest absolute Gasteiger partial charge is 0.433 e. The third-order valence-electron chi connectivity index (χ3n) is 7.79. The summed E-state index contributed by atoms with van der Waals surface area (Å²) in [5.74, 6) is -0.559. The number of aryl methyl sites for hydroxylation is 2. The molecule has 5 aromatic rings. The summed E-state index contributed by atoms with van der Waals surface area (Å²) in [5.41, 5.74) is 8.13. The average molecular weight is 799 g/mol. The van der Waals surface area contributed by atoms with Crippen molar-refractivity contribution in [3.05, 3.63) is 103 Å². The van der Waals surface area contributed by atoms with Crippen molar-refractivity contribution in [2.24, 2.45) is 0 Å². The fraction of sp³-hybridized carbons (Fsp3) is 0.265. The van der Waals surface area contributed by atoms with Crippen molar-refractivity contribution in [2.75, 3.05) is 18.5 Å². The number of carbonyl (C=O) groups excluding carboxylic acids is 2. The van der Waals surface area contributed by atoms with E-state index in [9.17, 15) is 22.8 Å². The van der Waals surface area contributed by atoms with Crippen LogP contribution in [-0.4, -0.2) is 45.2 Å². The molecule has 2 amide bonds. The van der Waals surface area contributed by atoms with Crippen LogP contribution in [-0.2, 0) is 6.18 Å². The van der Waals surface area contributed by atoms with Gasteiger partial charge in [0.25, 0.3) is 11.8 Å². The second kappa shape index (κ2) is 17.0. The first-order valence-electron chi connectivity index (χ1n) is 15.7. The van der Waals surface area contributed by atoms with E-state index in [2.05, 4.69) is 31.6 Å². The molecule has 1 aliphatic rings. The van der Waals surface area contributed by atoms with Gasteiger partial charge < -0.3 is 9.05 Å². The molecular weight excluding hydrogens is 769 g/mol. The summed E-state index contributed by atoms with van der Waals surface area (Å²) in [6, 6.07) is 13.2. The van der Waals surface area contributed by atoms with E-state index in [4.69, 9.17) is 55.4 Å². The molecule has 0 unspecified atom stereocenters. The Labute approximate surface area is 315 Å². The van der Waals surface area contributed by atoms with Crippen LogP contribution in [0.25, 0.3) is 22.5 Å². The number of rotatable bonds is 7. The fourth-order valence-electron chi connectivity index (χ4n) is 5.30. The first kappa shape index (κ1) is 38.9. The predicted octanol–water partition coefficient (Wildman–Crippen LogP) is 9.61. The van der Waals surface area contributed by atoms with Crippen LogP contribution in [0.3, 0.4) is 0 Å². The lowest BCUT2D eigenvalue weighted by Crippen LogP contribution is -2.42. The molecule has 2 aromatic carbocycles. The van der Waals surface area contributed by atoms with Gasteiger partial charge in [0.15, 0.2) is 0 Å². The van der Waals surface area contributed by atoms with Crippen LogP contribution < -0.4 is 16.3 Å². The Kier molecular flexibility index (Phi) is 12.7. The molecule has 4 heterocycles. The Hall–Kier alpha value is -4.34. The van der Waals surface area contributed by atoms with Crippen LogP contribution in [0.15, 0.2) is 63.6 Å². The number of hydrazine groups is 2. The van der Waals surface area contributed by atoms with Crippen molar-refractivity contribution in [3.63, 3.8) is 0 Å². The van der Waals surface area contributed by atoms with Gasteiger partial charge in [0.2, 0.25) is 0 Å². The standard InChI is InChI=1S/C17H11Cl2F3N4O2.C17H19Cl2N3O2/c1-8-13(15(26-28-8)14-9(18)4-2-5-10(14)19)16(27)25-24-12-7-3-6-11(23-12)17(20,21)22;1-11-14(17(23)20-22-9-4-2-3-5-10-22)16(21-24-11)15-12(18)7-6-8-13(15)19/h2-7H,1H3,(H,23,24)(H,25,27);6-8H,2-5,9-10H2,1H3,(H,20,23). The SMILES string of the molecule is Cc1onc(-c2c(Cl)cccc2Cl)c1C(=O)NN1CCCCCC1.Cc1onc(-c2c(Cl)cccc2Cl)c1C(=O)NNc1cccc(C(F)(F)F)n1. The molecule has 1 aliphatic heterocycles. The summed E-state index contributed by atoms with van der Waals surface area (Å²) in [4.78, 5) is 28.8. The summed E-state index contributed by atoms with van der Waals surface area (Å²) >= 11 is 24.8. The average Bonchev–Trinajstić information content (AvgIpc) is 3.55. The molecule has 0 bridgehead atoms. The lowest BCUT2D eigenvalue weighted by Gasteiger charge is -2.20. The molecule has 1 saturated heterocycles. The molecule has 52 heavy (non-hydrogen) atoms. The molecular formula is C34H30Cl4F3N7O4. The minimum absolute atomic E-state index is 0.0227. The Bertz CT molecular complexity index is 2020. The first-order chi connectivity index (χ1) is 24.8. The predicted molar refractivity (Wildman–Crippen MR) is 191 cm³/mol. The van der Waals surface area contributed by atoms with Gasteiger partial charge in [-0.15, -0.1) is 0 Å². The maximum Gasteiger partial charge on any atom is 0.433 e. The number of halogens is 7. The minimum Gasteiger partial charge on any atom is -0.360 e. The van der Waals surface area contributed by atoms with Crippen LogP contribution in [0.1, 0.15) is 63.6 Å². The van der Waals surface area contributed by atoms with Gasteiger partial charge in [-0.2, -0.15) is 13.2 Å². The van der Waals surface area contributed by atoms with E-state index in [1.807, 2.05) is 5.01 Å². The van der Waals surface area contributed by atoms with Gasteiger partial charge in [0, 0.05) is 24.2 Å². The second-order valence-corrected chi connectivity index (χ2v) is 13.1. The van der Waals surface area contributed by atoms with Gasteiger partial charge in [-0.3, -0.25) is 25.9 Å². The van der Waals surface area contributed by atoms with Gasteiger partial charge in [0.05, 0.1) is 20.1 Å². The molecule has 0 saturated carbocycles. The number of pyridine rings is 1. The highest BCUT2D eigenvalue weighted by Crippen LogP contribution is 2.38. The van der Waals surface area contributed by atoms with Crippen LogP contribution in [0, 0.1) is 13.8 Å². The molecule has 1 fully saturated rings. The van der Waals surface area contributed by atoms with E-state index in [0.717, 1.165) is 38.1 Å². The number of benzene rings is 2. The maximum atomic E-state index is 12.8. The quantitative estimate of drug-likeness (QED) is 0.137. The van der Waals surface area contributed by atoms with Crippen molar-refractivity contribution in [3.8, 4) is 22.5 Å². The van der Waals surface area contributed by atoms with Crippen molar-refractivity contribution < 1.29 is 31.8 Å². The van der Waals surface area contributed by atoms with Crippen LogP contribution >= 0.6 is 46.4 Å². The summed E-state index contributed by atoms with van der Waals surface area (Å²) < 4.78 is 48.5. The Morgan fingerprint density at radius 2 is 1.17 bits per heavy atom. The van der Waals surface area contributed by atoms with Gasteiger partial charge in [-0.25, -0.2) is 9.99 Å². The van der Waals surface area contributed by atoms with Crippen LogP contribution in [0.2, 0.25) is 20.1 Å². The second-order valence-electron chi connectivity index (χ2n) is 11.4. The topological polar surface area (TPSA) is 138 Å². The number of nitrogens with one attached hydrogen (secondary N) is 3. The molecule has 274 valence electrons. The van der Waals surface area contributed by atoms with Crippen molar-refractivity contribution in [1.82, 2.24) is 31.2 Å². The number of hydrogen-bond donors (Lipinski definition) is 3. The number of alkyl halides is 3. The minimum atomic E-state index is -4.61. The molecule has 0 atom stereocenters. The third kappa shape index (κ3) is 9.17. The highest BCUT2D eigenvalue weighted by molar-refractivity contribution is 6.40. The molecule has 3 aromatic heterocycles. The van der Waals surface area contributed by atoms with Crippen molar-refractivity contribution >= 4 is 64.0 Å². The zero-order valence-electron chi connectivity index (χ0n) is 27.5. The van der Waals surface area contributed by atoms with E-state index >= 15 is 0 Å². The number of aromatic nitrogens is 3. The fourth-order valence-corrected chi connectivity index (χ4v) is 6.45. The third-order valence-corrected chi connectivity index (χ3v) is 9.05. The molecule has 0 radical (unpaired) electrons. The highest BCUT2D eigenvalue weighted by Gasteiger charge is 2.33. The van der Waals surface area contributed by atoms with E-state index in [1.54, 1.807) is 43.3 Å². The molecule has 6 rings (SSSR count). The van der Waals surface area contributed by atoms with Gasteiger partial charge in [-0.1, -0.05) is 87.8 Å². The lowest BCUT2D eigenvalue weighted by molar-refractivity contribution is -0.141. The van der Waals surface area contributed by atoms with Crippen LogP contribution in [0.4, 0.5) is 19.0 Å². The summed E-state index contributed by atoms with van der Waals surface area (Å²) in [7, 11) is 0. The Morgan fingerprint density at radius 1 is 0.712 bits per heavy atom. The maximum absolute atomic E-state index is 12.8. The van der Waals surface area contributed by atoms with Crippen molar-refractivity contribution in [2.45, 2.75) is 45.7 Å². The van der Waals surface area contributed by atoms with Gasteiger partial charge >= 0.3 is 6.18 Å². The number of amides is 2. The van der Waals surface area contributed by atoms with Gasteiger partial charge in [0.1, 0.15) is 45.5 Å². The molecule has 11 nitrogen and oxygen atoms in total. The van der Waals surface area contributed by atoms with E-state index in [1.165, 1.54) is 25.8 Å². The Morgan fingerprint density at radius 3 is 1.65 bits per heavy atom. The first-order valence-corrected chi connectivity index (χ1v) is 17.2. The Balaban J connectivity index is 0.000000203. The zero-order chi connectivity index (χ0) is 37.6. The molecule has 0 spiro atoms. The molecule has 0 aliphatic carbocycles. The smallest absolute Gasteiger partial charge is 0.360 e. The van der Waals surface area contributed by atoms with Crippen molar-refractivity contribution in [1.29, 1.82) is 0 Å². The zero-order valence-corrected chi connectivity index (χ0v) is 30.5. The lowest BCUT2D eigenvalue weighted by atomic mass is 10.1. The normalized spacial score (nSPS) is 13.5. The van der Waals surface area contributed by atoms with E-state index in [-0.39, 0.29) is 38.8 Å². The van der Waals surface area contributed by atoms with Crippen LogP contribution in [0.5, 0.6) is 0 Å². The highest BCUT2D eigenvalue weighted by atomic mass is 35.5. The molecule has 3 N–H and O–H groups in total. The number of hydrogen-bond acceptors (Lipinski definition) is 9. The molecule has 18 heteroatoms. The summed E-state index contributed by atoms with van der Waals surface area (Å²) in [5, 5.41) is 11.2. The number of anilines is 1. The van der Waals surface area contributed by atoms with E-state index in [0.29, 0.717) is 38.2 Å².